The molecule has 0 fully saturated rings. The maximum Gasteiger partial charge on any atom is 0.341 e. The first-order chi connectivity index (χ1) is 12.1. The van der Waals surface area contributed by atoms with Gasteiger partial charge in [0.2, 0.25) is 0 Å². The van der Waals surface area contributed by atoms with Crippen molar-refractivity contribution in [2.45, 2.75) is 20.8 Å². The van der Waals surface area contributed by atoms with Crippen molar-refractivity contribution < 1.29 is 34.4 Å². The molecular formula is C19H22O7. The molecule has 0 atom stereocenters. The van der Waals surface area contributed by atoms with Crippen molar-refractivity contribution in [1.29, 1.82) is 0 Å². The van der Waals surface area contributed by atoms with E-state index in [1.165, 1.54) is 20.3 Å². The lowest BCUT2D eigenvalue weighted by molar-refractivity contribution is 0.0587. The Morgan fingerprint density at radius 1 is 0.731 bits per heavy atom. The fraction of sp³-hybridized carbons (Fsp3) is 0.263. The number of carbonyl (C=O) groups excluding carboxylic acids is 2. The predicted molar refractivity (Wildman–Crippen MR) is 94.8 cm³/mol. The van der Waals surface area contributed by atoms with Gasteiger partial charge in [-0.25, -0.2) is 9.59 Å². The fourth-order valence-electron chi connectivity index (χ4n) is 2.43. The number of phenolic OH excluding ortho intramolecular Hbond substituents is 3. The number of hydrogen-bond donors (Lipinski definition) is 3. The number of methoxy groups -OCH3 is 2. The Bertz CT molecular complexity index is 709. The molecule has 0 aliphatic rings. The van der Waals surface area contributed by atoms with Crippen LogP contribution >= 0.6 is 0 Å². The largest absolute Gasteiger partial charge is 0.508 e. The van der Waals surface area contributed by atoms with Crippen molar-refractivity contribution in [3.05, 3.63) is 52.1 Å². The minimum absolute atomic E-state index is 0.0237. The molecule has 0 aliphatic carbocycles. The van der Waals surface area contributed by atoms with E-state index in [2.05, 4.69) is 9.47 Å². The van der Waals surface area contributed by atoms with Gasteiger partial charge < -0.3 is 24.8 Å². The van der Waals surface area contributed by atoms with Gasteiger partial charge in [-0.1, -0.05) is 6.07 Å². The summed E-state index contributed by atoms with van der Waals surface area (Å²) in [5.41, 5.74) is 2.45. The zero-order chi connectivity index (χ0) is 20.0. The molecule has 7 heteroatoms. The zero-order valence-corrected chi connectivity index (χ0v) is 15.3. The van der Waals surface area contributed by atoms with Gasteiger partial charge in [0.1, 0.15) is 28.4 Å². The number of phenols is 3. The Morgan fingerprint density at radius 2 is 1.15 bits per heavy atom. The molecule has 2 aromatic carbocycles. The topological polar surface area (TPSA) is 113 Å². The summed E-state index contributed by atoms with van der Waals surface area (Å²) in [7, 11) is 2.52. The molecule has 0 aliphatic heterocycles. The summed E-state index contributed by atoms with van der Waals surface area (Å²) >= 11 is 0. The van der Waals surface area contributed by atoms with Gasteiger partial charge in [-0.2, -0.15) is 0 Å². The predicted octanol–water partition coefficient (Wildman–Crippen LogP) is 2.99. The molecule has 0 unspecified atom stereocenters. The van der Waals surface area contributed by atoms with E-state index in [4.69, 9.17) is 5.11 Å². The second kappa shape index (κ2) is 8.75. The first-order valence-electron chi connectivity index (χ1n) is 7.61. The highest BCUT2D eigenvalue weighted by atomic mass is 16.5. The maximum absolute atomic E-state index is 11.2. The van der Waals surface area contributed by atoms with Crippen LogP contribution in [0.15, 0.2) is 24.3 Å². The van der Waals surface area contributed by atoms with Crippen LogP contribution in [0.2, 0.25) is 0 Å². The van der Waals surface area contributed by atoms with Gasteiger partial charge >= 0.3 is 11.9 Å². The fourth-order valence-corrected chi connectivity index (χ4v) is 2.43. The van der Waals surface area contributed by atoms with Gasteiger partial charge in [0, 0.05) is 6.07 Å². The monoisotopic (exact) mass is 362 g/mol. The zero-order valence-electron chi connectivity index (χ0n) is 15.3. The smallest absolute Gasteiger partial charge is 0.341 e. The molecule has 3 N–H and O–H groups in total. The van der Waals surface area contributed by atoms with Crippen molar-refractivity contribution in [3.8, 4) is 17.2 Å². The number of aryl methyl sites for hydroxylation is 3. The highest BCUT2D eigenvalue weighted by Crippen LogP contribution is 2.27. The number of carbonyl (C=O) groups is 2. The standard InChI is InChI=1S/C10H12O3.C9H10O4/c1-6-4-7(2)9(8(11)5-6)10(12)13-3;1-5-3-6(10)4-7(11)8(5)9(12)13-2/h4-5,11H,1-3H3;3-4,10-11H,1-2H3. The van der Waals surface area contributed by atoms with Crippen LogP contribution < -0.4 is 0 Å². The van der Waals surface area contributed by atoms with E-state index < -0.39 is 11.9 Å². The molecule has 2 rings (SSSR count). The van der Waals surface area contributed by atoms with Gasteiger partial charge in [0.25, 0.3) is 0 Å². The van der Waals surface area contributed by atoms with Crippen LogP contribution in [0.3, 0.4) is 0 Å². The van der Waals surface area contributed by atoms with E-state index in [1.807, 2.05) is 13.0 Å². The molecule has 0 aromatic heterocycles. The molecule has 0 heterocycles. The normalized spacial score (nSPS) is 9.73. The van der Waals surface area contributed by atoms with Crippen LogP contribution in [-0.4, -0.2) is 41.5 Å². The van der Waals surface area contributed by atoms with E-state index in [-0.39, 0.29) is 28.4 Å². The lowest BCUT2D eigenvalue weighted by atomic mass is 10.0. The number of ether oxygens (including phenoxy) is 2. The Morgan fingerprint density at radius 3 is 1.54 bits per heavy atom. The van der Waals surface area contributed by atoms with Crippen LogP contribution in [-0.2, 0) is 9.47 Å². The molecule has 7 nitrogen and oxygen atoms in total. The van der Waals surface area contributed by atoms with E-state index >= 15 is 0 Å². The van der Waals surface area contributed by atoms with Crippen LogP contribution in [0.4, 0.5) is 0 Å². The van der Waals surface area contributed by atoms with Crippen LogP contribution in [0.5, 0.6) is 17.2 Å². The Labute approximate surface area is 151 Å². The average molecular weight is 362 g/mol. The lowest BCUT2D eigenvalue weighted by Gasteiger charge is -2.06. The van der Waals surface area contributed by atoms with E-state index in [1.54, 1.807) is 19.9 Å². The highest BCUT2D eigenvalue weighted by molar-refractivity contribution is 5.94. The Kier molecular flexibility index (Phi) is 7.01. The molecule has 0 saturated heterocycles. The number of rotatable bonds is 2. The molecule has 0 spiro atoms. The van der Waals surface area contributed by atoms with Crippen LogP contribution in [0, 0.1) is 20.8 Å². The third-order valence-electron chi connectivity index (χ3n) is 3.54. The van der Waals surface area contributed by atoms with E-state index in [0.29, 0.717) is 5.56 Å². The summed E-state index contributed by atoms with van der Waals surface area (Å²) in [4.78, 5) is 22.3. The highest BCUT2D eigenvalue weighted by Gasteiger charge is 2.15. The first kappa shape index (κ1) is 20.8. The first-order valence-corrected chi connectivity index (χ1v) is 7.61. The second-order valence-electron chi connectivity index (χ2n) is 5.62. The molecule has 140 valence electrons. The van der Waals surface area contributed by atoms with Crippen molar-refractivity contribution in [1.82, 2.24) is 0 Å². The summed E-state index contributed by atoms with van der Waals surface area (Å²) in [5, 5.41) is 27.8. The minimum Gasteiger partial charge on any atom is -0.508 e. The van der Waals surface area contributed by atoms with Crippen LogP contribution in [0.25, 0.3) is 0 Å². The van der Waals surface area contributed by atoms with Gasteiger partial charge in [0.05, 0.1) is 14.2 Å². The number of esters is 2. The van der Waals surface area contributed by atoms with Gasteiger partial charge in [-0.05, 0) is 49.6 Å². The third kappa shape index (κ3) is 4.89. The number of benzene rings is 2. The molecule has 2 aromatic rings. The van der Waals surface area contributed by atoms with Gasteiger partial charge in [-0.3, -0.25) is 0 Å². The van der Waals surface area contributed by atoms with Crippen LogP contribution in [0.1, 0.15) is 37.4 Å². The summed E-state index contributed by atoms with van der Waals surface area (Å²) in [6, 6.07) is 5.84. The second-order valence-corrected chi connectivity index (χ2v) is 5.62. The molecule has 0 bridgehead atoms. The lowest BCUT2D eigenvalue weighted by Crippen LogP contribution is -2.04. The van der Waals surface area contributed by atoms with Crippen molar-refractivity contribution in [3.63, 3.8) is 0 Å². The minimum atomic E-state index is -0.616. The summed E-state index contributed by atoms with van der Waals surface area (Å²) < 4.78 is 9.00. The number of aromatic hydroxyl groups is 3. The van der Waals surface area contributed by atoms with Gasteiger partial charge in [-0.15, -0.1) is 0 Å². The molecule has 26 heavy (non-hydrogen) atoms. The molecule has 0 radical (unpaired) electrons. The summed E-state index contributed by atoms with van der Waals surface area (Å²) in [5.74, 6) is -1.50. The quantitative estimate of drug-likeness (QED) is 0.704. The molecular weight excluding hydrogens is 340 g/mol. The molecule has 0 amide bonds. The Hall–Kier alpha value is -3.22. The summed E-state index contributed by atoms with van der Waals surface area (Å²) in [6.07, 6.45) is 0. The van der Waals surface area contributed by atoms with Crippen molar-refractivity contribution in [2.75, 3.05) is 14.2 Å². The summed E-state index contributed by atoms with van der Waals surface area (Å²) in [6.45, 7) is 5.22. The van der Waals surface area contributed by atoms with Crippen molar-refractivity contribution in [2.24, 2.45) is 0 Å². The van der Waals surface area contributed by atoms with E-state index in [0.717, 1.165) is 17.2 Å². The Balaban J connectivity index is 0.000000260. The SMILES string of the molecule is COC(=O)c1c(C)cc(C)cc1O.COC(=O)c1c(C)cc(O)cc1O. The van der Waals surface area contributed by atoms with Gasteiger partial charge in [0.15, 0.2) is 0 Å². The number of hydrogen-bond acceptors (Lipinski definition) is 7. The maximum atomic E-state index is 11.2. The third-order valence-corrected chi connectivity index (χ3v) is 3.54. The average Bonchev–Trinajstić information content (AvgIpc) is 2.53. The molecule has 0 saturated carbocycles. The van der Waals surface area contributed by atoms with Crippen molar-refractivity contribution >= 4 is 11.9 Å². The van der Waals surface area contributed by atoms with E-state index in [9.17, 15) is 19.8 Å².